The maximum absolute atomic E-state index is 12.0. The van der Waals surface area contributed by atoms with E-state index in [2.05, 4.69) is 5.32 Å². The number of nitrogens with one attached hydrogen (secondary N) is 1. The average molecular weight is 301 g/mol. The highest BCUT2D eigenvalue weighted by Gasteiger charge is 2.29. The number of hydrogen-bond acceptors (Lipinski definition) is 5. The van der Waals surface area contributed by atoms with E-state index in [1.165, 1.54) is 17.0 Å². The Hall–Kier alpha value is -2.96. The lowest BCUT2D eigenvalue weighted by atomic mass is 10.2. The summed E-state index contributed by atoms with van der Waals surface area (Å²) < 4.78 is 10.6. The smallest absolute Gasteiger partial charge is 0.291 e. The maximum Gasteiger partial charge on any atom is 0.291 e. The molecule has 1 atom stereocenters. The van der Waals surface area contributed by atoms with Crippen LogP contribution in [0, 0.1) is 0 Å². The van der Waals surface area contributed by atoms with Crippen molar-refractivity contribution >= 4 is 29.1 Å². The van der Waals surface area contributed by atoms with Crippen LogP contribution in [0.15, 0.2) is 34.7 Å². The van der Waals surface area contributed by atoms with Gasteiger partial charge in [-0.25, -0.2) is 0 Å². The number of benzene rings is 1. The average Bonchev–Trinajstić information content (AvgIpc) is 2.91. The van der Waals surface area contributed by atoms with Crippen LogP contribution in [0.3, 0.4) is 0 Å². The van der Waals surface area contributed by atoms with Crippen LogP contribution in [0.2, 0.25) is 0 Å². The summed E-state index contributed by atoms with van der Waals surface area (Å²) in [5.74, 6) is 0.302. The quantitative estimate of drug-likeness (QED) is 0.882. The van der Waals surface area contributed by atoms with Gasteiger partial charge in [0.15, 0.2) is 17.7 Å². The van der Waals surface area contributed by atoms with Crippen molar-refractivity contribution in [3.63, 3.8) is 0 Å². The van der Waals surface area contributed by atoms with E-state index in [0.717, 1.165) is 0 Å². The molecule has 2 heterocycles. The van der Waals surface area contributed by atoms with Crippen molar-refractivity contribution in [2.45, 2.75) is 13.0 Å². The number of hydrogen-bond donors (Lipinski definition) is 2. The van der Waals surface area contributed by atoms with Gasteiger partial charge in [0.1, 0.15) is 5.75 Å². The molecule has 0 spiro atoms. The Morgan fingerprint density at radius 2 is 2.09 bits per heavy atom. The Morgan fingerprint density at radius 3 is 2.77 bits per heavy atom. The molecule has 7 heteroatoms. The van der Waals surface area contributed by atoms with Gasteiger partial charge < -0.3 is 25.1 Å². The van der Waals surface area contributed by atoms with Gasteiger partial charge in [-0.15, -0.1) is 0 Å². The summed E-state index contributed by atoms with van der Waals surface area (Å²) in [5, 5.41) is 2.69. The highest BCUT2D eigenvalue weighted by molar-refractivity contribution is 6.03. The highest BCUT2D eigenvalue weighted by atomic mass is 16.5. The zero-order chi connectivity index (χ0) is 15.9. The number of nitrogen functional groups attached to an aromatic ring is 1. The van der Waals surface area contributed by atoms with Crippen molar-refractivity contribution in [3.8, 4) is 5.75 Å². The number of fused-ring (bicyclic) bond motifs is 1. The Labute approximate surface area is 126 Å². The summed E-state index contributed by atoms with van der Waals surface area (Å²) in [4.78, 5) is 25.4. The third-order valence-electron chi connectivity index (χ3n) is 3.41. The van der Waals surface area contributed by atoms with E-state index in [1.54, 1.807) is 32.2 Å². The van der Waals surface area contributed by atoms with Gasteiger partial charge in [0.05, 0.1) is 5.69 Å². The molecule has 0 radical (unpaired) electrons. The molecule has 1 aromatic carbocycles. The summed E-state index contributed by atoms with van der Waals surface area (Å²) in [6, 6.07) is 8.07. The fraction of sp³-hybridized carbons (Fsp3) is 0.200. The van der Waals surface area contributed by atoms with Gasteiger partial charge in [0.25, 0.3) is 11.8 Å². The first kappa shape index (κ1) is 14.0. The molecule has 0 bridgehead atoms. The fourth-order valence-corrected chi connectivity index (χ4v) is 2.26. The van der Waals surface area contributed by atoms with E-state index in [0.29, 0.717) is 17.1 Å². The number of ether oxygens (including phenoxy) is 1. The Morgan fingerprint density at radius 1 is 1.32 bits per heavy atom. The molecule has 1 aliphatic rings. The lowest BCUT2D eigenvalue weighted by molar-refractivity contribution is -0.125. The third kappa shape index (κ3) is 2.37. The second-order valence-corrected chi connectivity index (χ2v) is 5.00. The van der Waals surface area contributed by atoms with Crippen molar-refractivity contribution < 1.29 is 18.7 Å². The first-order chi connectivity index (χ1) is 10.5. The van der Waals surface area contributed by atoms with Crippen LogP contribution in [0.4, 0.5) is 17.3 Å². The fourth-order valence-electron chi connectivity index (χ4n) is 2.26. The molecule has 0 aliphatic carbocycles. The topological polar surface area (TPSA) is 97.8 Å². The second-order valence-electron chi connectivity index (χ2n) is 5.00. The van der Waals surface area contributed by atoms with Gasteiger partial charge in [-0.05, 0) is 25.1 Å². The summed E-state index contributed by atoms with van der Waals surface area (Å²) in [7, 11) is 1.68. The Kier molecular flexibility index (Phi) is 3.25. The van der Waals surface area contributed by atoms with Crippen LogP contribution < -0.4 is 20.7 Å². The summed E-state index contributed by atoms with van der Waals surface area (Å²) >= 11 is 0. The van der Waals surface area contributed by atoms with Gasteiger partial charge in [-0.1, -0.05) is 0 Å². The van der Waals surface area contributed by atoms with Crippen LogP contribution in [0.5, 0.6) is 5.75 Å². The minimum Gasteiger partial charge on any atom is -0.479 e. The third-order valence-corrected chi connectivity index (χ3v) is 3.41. The van der Waals surface area contributed by atoms with E-state index >= 15 is 0 Å². The number of likely N-dealkylation sites (N-methyl/N-ethyl adjacent to an activating group) is 1. The Bertz CT molecular complexity index is 753. The monoisotopic (exact) mass is 301 g/mol. The maximum atomic E-state index is 12.0. The van der Waals surface area contributed by atoms with Crippen LogP contribution in [0.1, 0.15) is 17.5 Å². The summed E-state index contributed by atoms with van der Waals surface area (Å²) in [6.45, 7) is 1.68. The normalized spacial score (nSPS) is 16.9. The summed E-state index contributed by atoms with van der Waals surface area (Å²) in [6.07, 6.45) is -0.562. The molecule has 114 valence electrons. The zero-order valence-electron chi connectivity index (χ0n) is 12.1. The number of carbonyl (C=O) groups is 2. The molecule has 0 fully saturated rings. The molecule has 1 unspecified atom stereocenters. The summed E-state index contributed by atoms with van der Waals surface area (Å²) in [5.41, 5.74) is 6.63. The number of amides is 2. The van der Waals surface area contributed by atoms with Crippen molar-refractivity contribution in [1.82, 2.24) is 0 Å². The predicted octanol–water partition coefficient (Wildman–Crippen LogP) is 1.86. The van der Waals surface area contributed by atoms with Gasteiger partial charge in [-0.3, -0.25) is 9.59 Å². The molecular formula is C15H15N3O4. The van der Waals surface area contributed by atoms with E-state index < -0.39 is 12.0 Å². The number of nitrogens with two attached hydrogens (primary N) is 1. The standard InChI is InChI=1S/C15H15N3O4/c1-8-15(20)18(2)10-4-3-9(7-12(10)21-8)17-14(19)11-5-6-13(16)22-11/h3-8H,16H2,1-2H3,(H,17,19). The second kappa shape index (κ2) is 5.10. The van der Waals surface area contributed by atoms with E-state index in [9.17, 15) is 9.59 Å². The largest absolute Gasteiger partial charge is 0.479 e. The molecule has 7 nitrogen and oxygen atoms in total. The van der Waals surface area contributed by atoms with Crippen LogP contribution in [0.25, 0.3) is 0 Å². The van der Waals surface area contributed by atoms with E-state index in [1.807, 2.05) is 0 Å². The SMILES string of the molecule is CC1Oc2cc(NC(=O)c3ccc(N)o3)ccc2N(C)C1=O. The van der Waals surface area contributed by atoms with Crippen molar-refractivity contribution in [3.05, 3.63) is 36.1 Å². The van der Waals surface area contributed by atoms with Crippen LogP contribution in [-0.2, 0) is 4.79 Å². The van der Waals surface area contributed by atoms with Gasteiger partial charge in [0.2, 0.25) is 0 Å². The number of anilines is 3. The van der Waals surface area contributed by atoms with Crippen molar-refractivity contribution in [2.75, 3.05) is 23.0 Å². The number of carbonyl (C=O) groups excluding carboxylic acids is 2. The molecule has 0 saturated heterocycles. The zero-order valence-corrected chi connectivity index (χ0v) is 12.1. The molecule has 2 aromatic rings. The van der Waals surface area contributed by atoms with Crippen molar-refractivity contribution in [2.24, 2.45) is 0 Å². The first-order valence-corrected chi connectivity index (χ1v) is 6.70. The predicted molar refractivity (Wildman–Crippen MR) is 81.0 cm³/mol. The van der Waals surface area contributed by atoms with Crippen LogP contribution >= 0.6 is 0 Å². The molecule has 0 saturated carbocycles. The highest BCUT2D eigenvalue weighted by Crippen LogP contribution is 2.35. The van der Waals surface area contributed by atoms with Crippen LogP contribution in [-0.4, -0.2) is 25.0 Å². The van der Waals surface area contributed by atoms with Gasteiger partial charge in [0, 0.05) is 24.9 Å². The van der Waals surface area contributed by atoms with E-state index in [-0.39, 0.29) is 17.6 Å². The molecule has 1 aromatic heterocycles. The molecule has 3 rings (SSSR count). The number of rotatable bonds is 2. The first-order valence-electron chi connectivity index (χ1n) is 6.70. The molecule has 22 heavy (non-hydrogen) atoms. The number of nitrogens with zero attached hydrogens (tertiary/aromatic N) is 1. The lowest BCUT2D eigenvalue weighted by Crippen LogP contribution is -2.41. The Balaban J connectivity index is 1.84. The molecular weight excluding hydrogens is 286 g/mol. The van der Waals surface area contributed by atoms with E-state index in [4.69, 9.17) is 14.9 Å². The molecule has 1 aliphatic heterocycles. The van der Waals surface area contributed by atoms with Gasteiger partial charge >= 0.3 is 0 Å². The molecule has 2 amide bonds. The minimum absolute atomic E-state index is 0.115. The number of furan rings is 1. The lowest BCUT2D eigenvalue weighted by Gasteiger charge is -2.30. The van der Waals surface area contributed by atoms with Gasteiger partial charge in [-0.2, -0.15) is 0 Å². The van der Waals surface area contributed by atoms with Crippen molar-refractivity contribution in [1.29, 1.82) is 0 Å². The minimum atomic E-state index is -0.562. The molecule has 3 N–H and O–H groups in total.